The van der Waals surface area contributed by atoms with Crippen LogP contribution < -0.4 is 4.90 Å². The Balaban J connectivity index is 1.05. The molecule has 1 unspecified atom stereocenters. The predicted molar refractivity (Wildman–Crippen MR) is 122 cm³/mol. The second-order valence-electron chi connectivity index (χ2n) is 10.8. The van der Waals surface area contributed by atoms with Crippen LogP contribution in [0, 0.1) is 30.1 Å². The van der Waals surface area contributed by atoms with Gasteiger partial charge in [-0.05, 0) is 86.3 Å². The molecule has 4 nitrogen and oxygen atoms in total. The van der Waals surface area contributed by atoms with Crippen LogP contribution in [0.2, 0.25) is 5.02 Å². The molecule has 1 heterocycles. The summed E-state index contributed by atoms with van der Waals surface area (Å²) < 4.78 is 6.14. The van der Waals surface area contributed by atoms with Gasteiger partial charge in [-0.25, -0.2) is 0 Å². The molecule has 0 aromatic heterocycles. The first-order valence-corrected chi connectivity index (χ1v) is 12.4. The minimum atomic E-state index is -0.390. The Bertz CT molecular complexity index is 711. The van der Waals surface area contributed by atoms with Crippen molar-refractivity contribution in [2.45, 2.75) is 51.6 Å². The molecule has 0 radical (unpaired) electrons. The van der Waals surface area contributed by atoms with Gasteiger partial charge in [0.1, 0.15) is 0 Å². The number of benzene rings is 1. The molecule has 166 valence electrons. The fourth-order valence-corrected chi connectivity index (χ4v) is 7.49. The number of aliphatic hydroxyl groups is 1. The molecule has 4 saturated carbocycles. The van der Waals surface area contributed by atoms with Gasteiger partial charge in [0.2, 0.25) is 0 Å². The van der Waals surface area contributed by atoms with Crippen molar-refractivity contribution in [3.8, 4) is 0 Å². The summed E-state index contributed by atoms with van der Waals surface area (Å²) >= 11 is 6.20. The smallest absolute Gasteiger partial charge is 0.0900 e. The maximum atomic E-state index is 10.6. The predicted octanol–water partition coefficient (Wildman–Crippen LogP) is 4.36. The molecule has 5 heteroatoms. The van der Waals surface area contributed by atoms with Crippen LogP contribution in [0.3, 0.4) is 0 Å². The van der Waals surface area contributed by atoms with Gasteiger partial charge in [-0.1, -0.05) is 17.7 Å². The molecule has 5 fully saturated rings. The Kier molecular flexibility index (Phi) is 6.05. The lowest BCUT2D eigenvalue weighted by molar-refractivity contribution is -0.107. The molecule has 6 rings (SSSR count). The summed E-state index contributed by atoms with van der Waals surface area (Å²) in [5, 5.41) is 11.4. The Morgan fingerprint density at radius 1 is 1.07 bits per heavy atom. The van der Waals surface area contributed by atoms with E-state index in [9.17, 15) is 5.11 Å². The van der Waals surface area contributed by atoms with Crippen LogP contribution in [-0.4, -0.2) is 62.0 Å². The summed E-state index contributed by atoms with van der Waals surface area (Å²) in [7, 11) is 0. The SMILES string of the molecule is Cc1ccc(Cl)cc1N1CCN(CC(O)COCC23CC4CC(CC(C4)C2)C3)CC1. The average Bonchev–Trinajstić information content (AvgIpc) is 2.69. The minimum Gasteiger partial charge on any atom is -0.389 e. The molecule has 1 aromatic rings. The maximum Gasteiger partial charge on any atom is 0.0900 e. The molecule has 1 aliphatic heterocycles. The number of ether oxygens (including phenoxy) is 1. The first kappa shape index (κ1) is 21.1. The third-order valence-electron chi connectivity index (χ3n) is 8.24. The molecule has 0 amide bonds. The highest BCUT2D eigenvalue weighted by Crippen LogP contribution is 2.60. The molecule has 1 aromatic carbocycles. The fraction of sp³-hybridized carbons (Fsp3) is 0.760. The van der Waals surface area contributed by atoms with Gasteiger partial charge in [0.15, 0.2) is 0 Å². The van der Waals surface area contributed by atoms with Crippen molar-refractivity contribution in [1.82, 2.24) is 4.90 Å². The second kappa shape index (κ2) is 8.61. The van der Waals surface area contributed by atoms with Crippen LogP contribution in [0.1, 0.15) is 44.1 Å². The van der Waals surface area contributed by atoms with E-state index in [1.54, 1.807) is 0 Å². The number of piperazine rings is 1. The topological polar surface area (TPSA) is 35.9 Å². The zero-order valence-electron chi connectivity index (χ0n) is 18.4. The van der Waals surface area contributed by atoms with Crippen molar-refractivity contribution >= 4 is 17.3 Å². The quantitative estimate of drug-likeness (QED) is 0.694. The van der Waals surface area contributed by atoms with Gasteiger partial charge in [-0.2, -0.15) is 0 Å². The van der Waals surface area contributed by atoms with E-state index in [0.29, 0.717) is 18.6 Å². The van der Waals surface area contributed by atoms with E-state index in [4.69, 9.17) is 16.3 Å². The zero-order chi connectivity index (χ0) is 20.7. The summed E-state index contributed by atoms with van der Waals surface area (Å²) in [6, 6.07) is 6.12. The Morgan fingerprint density at radius 3 is 2.33 bits per heavy atom. The third-order valence-corrected chi connectivity index (χ3v) is 8.47. The van der Waals surface area contributed by atoms with Crippen molar-refractivity contribution in [3.63, 3.8) is 0 Å². The highest BCUT2D eigenvalue weighted by atomic mass is 35.5. The number of anilines is 1. The van der Waals surface area contributed by atoms with Gasteiger partial charge in [0.05, 0.1) is 19.3 Å². The number of β-amino-alcohol motifs (C(OH)–C–C–N with tert-alkyl or cyclic N) is 1. The molecule has 5 aliphatic rings. The number of rotatable bonds is 7. The number of hydrogen-bond acceptors (Lipinski definition) is 4. The van der Waals surface area contributed by atoms with E-state index in [1.807, 2.05) is 6.07 Å². The molecule has 4 bridgehead atoms. The molecular formula is C25H37ClN2O2. The van der Waals surface area contributed by atoms with Gasteiger partial charge in [-0.15, -0.1) is 0 Å². The van der Waals surface area contributed by atoms with Crippen LogP contribution in [0.15, 0.2) is 18.2 Å². The van der Waals surface area contributed by atoms with Gasteiger partial charge >= 0.3 is 0 Å². The van der Waals surface area contributed by atoms with E-state index in [2.05, 4.69) is 28.9 Å². The van der Waals surface area contributed by atoms with Crippen LogP contribution in [0.5, 0.6) is 0 Å². The van der Waals surface area contributed by atoms with Crippen molar-refractivity contribution < 1.29 is 9.84 Å². The lowest BCUT2D eigenvalue weighted by atomic mass is 9.50. The van der Waals surface area contributed by atoms with Crippen molar-refractivity contribution in [2.75, 3.05) is 50.8 Å². The van der Waals surface area contributed by atoms with Crippen LogP contribution in [0.4, 0.5) is 5.69 Å². The highest BCUT2D eigenvalue weighted by Gasteiger charge is 2.50. The van der Waals surface area contributed by atoms with Crippen molar-refractivity contribution in [1.29, 1.82) is 0 Å². The molecular weight excluding hydrogens is 396 g/mol. The zero-order valence-corrected chi connectivity index (χ0v) is 19.1. The van der Waals surface area contributed by atoms with E-state index in [1.165, 1.54) is 49.8 Å². The molecule has 1 saturated heterocycles. The fourth-order valence-electron chi connectivity index (χ4n) is 7.32. The number of hydrogen-bond donors (Lipinski definition) is 1. The number of halogens is 1. The number of aryl methyl sites for hydroxylation is 1. The van der Waals surface area contributed by atoms with E-state index in [-0.39, 0.29) is 0 Å². The maximum absolute atomic E-state index is 10.6. The molecule has 4 aliphatic carbocycles. The van der Waals surface area contributed by atoms with Gasteiger partial charge in [-0.3, -0.25) is 4.90 Å². The summed E-state index contributed by atoms with van der Waals surface area (Å²) in [5.41, 5.74) is 2.95. The first-order valence-electron chi connectivity index (χ1n) is 12.0. The second-order valence-corrected chi connectivity index (χ2v) is 11.2. The summed E-state index contributed by atoms with van der Waals surface area (Å²) in [4.78, 5) is 4.78. The largest absolute Gasteiger partial charge is 0.389 e. The van der Waals surface area contributed by atoms with E-state index < -0.39 is 6.10 Å². The van der Waals surface area contributed by atoms with Crippen LogP contribution in [-0.2, 0) is 4.74 Å². The molecule has 0 spiro atoms. The average molecular weight is 433 g/mol. The van der Waals surface area contributed by atoms with Crippen molar-refractivity contribution in [2.24, 2.45) is 23.2 Å². The van der Waals surface area contributed by atoms with Crippen LogP contribution in [0.25, 0.3) is 0 Å². The van der Waals surface area contributed by atoms with Gasteiger partial charge < -0.3 is 14.7 Å². The Hall–Kier alpha value is -0.810. The van der Waals surface area contributed by atoms with Crippen LogP contribution >= 0.6 is 11.6 Å². The lowest BCUT2D eigenvalue weighted by Crippen LogP contribution is -2.50. The molecule has 1 N–H and O–H groups in total. The van der Waals surface area contributed by atoms with E-state index in [0.717, 1.165) is 55.6 Å². The third kappa shape index (κ3) is 4.53. The number of aliphatic hydroxyl groups excluding tert-OH is 1. The lowest BCUT2D eigenvalue weighted by Gasteiger charge is -2.56. The normalized spacial score (nSPS) is 34.5. The summed E-state index contributed by atoms with van der Waals surface area (Å²) in [6.07, 6.45) is 8.16. The standard InChI is InChI=1S/C25H37ClN2O2/c1-18-2-3-22(26)11-24(18)28-6-4-27(5-7-28)15-23(29)16-30-17-25-12-19-8-20(13-25)10-21(9-19)14-25/h2-3,11,19-21,23,29H,4-10,12-17H2,1H3. The first-order chi connectivity index (χ1) is 14.5. The summed E-state index contributed by atoms with van der Waals surface area (Å²) in [5.74, 6) is 2.89. The molecule has 1 atom stereocenters. The van der Waals surface area contributed by atoms with Gasteiger partial charge in [0.25, 0.3) is 0 Å². The highest BCUT2D eigenvalue weighted by molar-refractivity contribution is 6.30. The van der Waals surface area contributed by atoms with Crippen molar-refractivity contribution in [3.05, 3.63) is 28.8 Å². The Labute approximate surface area is 186 Å². The Morgan fingerprint density at radius 2 is 1.70 bits per heavy atom. The van der Waals surface area contributed by atoms with Gasteiger partial charge in [0, 0.05) is 43.4 Å². The molecule has 30 heavy (non-hydrogen) atoms. The minimum absolute atomic E-state index is 0.390. The number of nitrogens with zero attached hydrogens (tertiary/aromatic N) is 2. The van der Waals surface area contributed by atoms with E-state index >= 15 is 0 Å². The monoisotopic (exact) mass is 432 g/mol. The summed E-state index contributed by atoms with van der Waals surface area (Å²) in [6.45, 7) is 8.09.